The summed E-state index contributed by atoms with van der Waals surface area (Å²) in [5.74, 6) is -0.0747. The lowest BCUT2D eigenvalue weighted by Gasteiger charge is -2.23. The minimum absolute atomic E-state index is 0.0747. The smallest absolute Gasteiger partial charge is 0.264 e. The summed E-state index contributed by atoms with van der Waals surface area (Å²) >= 11 is 0. The fourth-order valence-corrected chi connectivity index (χ4v) is 5.57. The van der Waals surface area contributed by atoms with E-state index in [1.54, 1.807) is 0 Å². The molecule has 0 atom stereocenters. The Morgan fingerprint density at radius 3 is 1.79 bits per heavy atom. The molecule has 0 saturated heterocycles. The van der Waals surface area contributed by atoms with E-state index in [9.17, 15) is 8.42 Å². The lowest BCUT2D eigenvalue weighted by atomic mass is 10.6. The summed E-state index contributed by atoms with van der Waals surface area (Å²) in [6, 6.07) is 0. The van der Waals surface area contributed by atoms with Gasteiger partial charge in [0.1, 0.15) is 0 Å². The molecule has 1 N–H and O–H groups in total. The summed E-state index contributed by atoms with van der Waals surface area (Å²) in [4.78, 5) is 0. The van der Waals surface area contributed by atoms with Gasteiger partial charge in [-0.15, -0.1) is 0 Å². The molecule has 0 aromatic carbocycles. The highest BCUT2D eigenvalue weighted by molar-refractivity contribution is 7.85. The molecule has 0 radical (unpaired) electrons. The molecular formula is C9H22O3PS+. The lowest BCUT2D eigenvalue weighted by Crippen LogP contribution is -2.12. The van der Waals surface area contributed by atoms with E-state index in [1.807, 2.05) is 0 Å². The number of hydrogen-bond donors (Lipinski definition) is 1. The van der Waals surface area contributed by atoms with Gasteiger partial charge in [-0.2, -0.15) is 8.42 Å². The average molecular weight is 241 g/mol. The third-order valence-corrected chi connectivity index (χ3v) is 9.14. The fraction of sp³-hybridized carbons (Fsp3) is 1.00. The molecule has 0 spiro atoms. The van der Waals surface area contributed by atoms with E-state index in [4.69, 9.17) is 4.55 Å². The molecule has 14 heavy (non-hydrogen) atoms. The van der Waals surface area contributed by atoms with E-state index in [2.05, 4.69) is 20.8 Å². The molecule has 5 heteroatoms. The zero-order chi connectivity index (χ0) is 11.2. The summed E-state index contributed by atoms with van der Waals surface area (Å²) in [5, 5.41) is 0. The van der Waals surface area contributed by atoms with Crippen molar-refractivity contribution in [3.05, 3.63) is 0 Å². The molecule has 0 fully saturated rings. The van der Waals surface area contributed by atoms with Crippen molar-refractivity contribution in [3.63, 3.8) is 0 Å². The van der Waals surface area contributed by atoms with E-state index < -0.39 is 17.4 Å². The monoisotopic (exact) mass is 241 g/mol. The van der Waals surface area contributed by atoms with Gasteiger partial charge in [0.15, 0.2) is 0 Å². The second-order valence-electron chi connectivity index (χ2n) is 3.65. The van der Waals surface area contributed by atoms with Crippen LogP contribution in [0, 0.1) is 0 Å². The maximum Gasteiger partial charge on any atom is 0.264 e. The molecule has 0 unspecified atom stereocenters. The minimum Gasteiger partial charge on any atom is -0.286 e. The first-order valence-corrected chi connectivity index (χ1v) is 9.33. The van der Waals surface area contributed by atoms with Crippen LogP contribution in [0.25, 0.3) is 0 Å². The summed E-state index contributed by atoms with van der Waals surface area (Å²) in [6.45, 7) is 6.57. The van der Waals surface area contributed by atoms with Crippen LogP contribution in [0.5, 0.6) is 0 Å². The van der Waals surface area contributed by atoms with Crippen LogP contribution in [-0.2, 0) is 10.1 Å². The minimum atomic E-state index is -3.75. The summed E-state index contributed by atoms with van der Waals surface area (Å²) in [7, 11) is -4.65. The van der Waals surface area contributed by atoms with Gasteiger partial charge in [-0.1, -0.05) is 0 Å². The SMILES string of the molecule is CC[P+](CC)(CC)CCCS(=O)(=O)O. The van der Waals surface area contributed by atoms with Crippen LogP contribution in [-0.4, -0.2) is 43.4 Å². The predicted molar refractivity (Wildman–Crippen MR) is 64.4 cm³/mol. The summed E-state index contributed by atoms with van der Waals surface area (Å²) in [6.07, 6.45) is 5.17. The zero-order valence-corrected chi connectivity index (χ0v) is 11.1. The molecule has 0 saturated carbocycles. The van der Waals surface area contributed by atoms with Crippen LogP contribution in [0.2, 0.25) is 0 Å². The second-order valence-corrected chi connectivity index (χ2v) is 10.3. The highest BCUT2D eigenvalue weighted by Crippen LogP contribution is 2.58. The van der Waals surface area contributed by atoms with Crippen LogP contribution in [0.15, 0.2) is 0 Å². The number of hydrogen-bond acceptors (Lipinski definition) is 2. The van der Waals surface area contributed by atoms with Crippen molar-refractivity contribution in [1.29, 1.82) is 0 Å². The first-order valence-electron chi connectivity index (χ1n) is 5.19. The van der Waals surface area contributed by atoms with E-state index in [0.717, 1.165) is 6.16 Å². The van der Waals surface area contributed by atoms with Crippen molar-refractivity contribution in [2.45, 2.75) is 27.2 Å². The summed E-state index contributed by atoms with van der Waals surface area (Å²) in [5.41, 5.74) is 0. The molecule has 0 aromatic rings. The van der Waals surface area contributed by atoms with Crippen LogP contribution >= 0.6 is 7.26 Å². The highest BCUT2D eigenvalue weighted by Gasteiger charge is 2.30. The van der Waals surface area contributed by atoms with Crippen molar-refractivity contribution in [2.75, 3.05) is 30.4 Å². The molecule has 0 aliphatic heterocycles. The molecule has 86 valence electrons. The Morgan fingerprint density at radius 1 is 1.07 bits per heavy atom. The largest absolute Gasteiger partial charge is 0.286 e. The van der Waals surface area contributed by atoms with Crippen molar-refractivity contribution >= 4 is 17.4 Å². The van der Waals surface area contributed by atoms with Crippen molar-refractivity contribution in [1.82, 2.24) is 0 Å². The van der Waals surface area contributed by atoms with Crippen molar-refractivity contribution in [3.8, 4) is 0 Å². The second kappa shape index (κ2) is 6.04. The highest BCUT2D eigenvalue weighted by atomic mass is 32.2. The molecule has 0 amide bonds. The van der Waals surface area contributed by atoms with Gasteiger partial charge in [0.2, 0.25) is 0 Å². The third kappa shape index (κ3) is 5.28. The predicted octanol–water partition coefficient (Wildman–Crippen LogP) is 2.34. The molecule has 0 aliphatic rings. The zero-order valence-electron chi connectivity index (χ0n) is 9.36. The molecule has 3 nitrogen and oxygen atoms in total. The van der Waals surface area contributed by atoms with Gasteiger partial charge in [-0.3, -0.25) is 4.55 Å². The first-order chi connectivity index (χ1) is 6.39. The van der Waals surface area contributed by atoms with Crippen molar-refractivity contribution < 1.29 is 13.0 Å². The van der Waals surface area contributed by atoms with Gasteiger partial charge in [-0.05, 0) is 27.2 Å². The molecule has 0 aliphatic carbocycles. The standard InChI is InChI=1S/C9H21O3PS/c1-4-13(5-2,6-3)8-7-9-14(10,11)12/h4-9H2,1-3H3/p+1. The van der Waals surface area contributed by atoms with E-state index in [0.29, 0.717) is 6.42 Å². The quantitative estimate of drug-likeness (QED) is 0.550. The maximum absolute atomic E-state index is 10.5. The Hall–Kier alpha value is 0.340. The Bertz CT molecular complexity index is 237. The van der Waals surface area contributed by atoms with Crippen molar-refractivity contribution in [2.24, 2.45) is 0 Å². The molecular weight excluding hydrogens is 219 g/mol. The van der Waals surface area contributed by atoms with Crippen LogP contribution in [0.1, 0.15) is 27.2 Å². The van der Waals surface area contributed by atoms with Gasteiger partial charge < -0.3 is 0 Å². The van der Waals surface area contributed by atoms with E-state index >= 15 is 0 Å². The topological polar surface area (TPSA) is 54.4 Å². The number of rotatable bonds is 7. The lowest BCUT2D eigenvalue weighted by molar-refractivity contribution is 0.482. The van der Waals surface area contributed by atoms with Gasteiger partial charge in [0.05, 0.1) is 30.4 Å². The Morgan fingerprint density at radius 2 is 1.50 bits per heavy atom. The van der Waals surface area contributed by atoms with Gasteiger partial charge in [0, 0.05) is 7.26 Å². The van der Waals surface area contributed by atoms with Crippen LogP contribution in [0.4, 0.5) is 0 Å². The molecule has 0 heterocycles. The van der Waals surface area contributed by atoms with Crippen LogP contribution < -0.4 is 0 Å². The molecule has 0 rings (SSSR count). The summed E-state index contributed by atoms with van der Waals surface area (Å²) < 4.78 is 29.7. The van der Waals surface area contributed by atoms with Gasteiger partial charge in [0.25, 0.3) is 10.1 Å². The van der Waals surface area contributed by atoms with Gasteiger partial charge >= 0.3 is 0 Å². The third-order valence-electron chi connectivity index (χ3n) is 3.05. The van der Waals surface area contributed by atoms with E-state index in [-0.39, 0.29) is 5.75 Å². The van der Waals surface area contributed by atoms with E-state index in [1.165, 1.54) is 18.5 Å². The average Bonchev–Trinajstić information content (AvgIpc) is 2.11. The van der Waals surface area contributed by atoms with Gasteiger partial charge in [-0.25, -0.2) is 0 Å². The molecule has 0 aromatic heterocycles. The normalized spacial score (nSPS) is 13.1. The maximum atomic E-state index is 10.5. The Balaban J connectivity index is 4.08. The Labute approximate surface area is 88.4 Å². The van der Waals surface area contributed by atoms with Crippen LogP contribution in [0.3, 0.4) is 0 Å². The first kappa shape index (κ1) is 14.3. The molecule has 0 bridgehead atoms. The Kier molecular flexibility index (Phi) is 6.19. The fourth-order valence-electron chi connectivity index (χ4n) is 1.73.